The predicted molar refractivity (Wildman–Crippen MR) is 53.1 cm³/mol. The summed E-state index contributed by atoms with van der Waals surface area (Å²) in [6.07, 6.45) is 0.772. The minimum Gasteiger partial charge on any atom is -0.310 e. The van der Waals surface area contributed by atoms with Gasteiger partial charge < -0.3 is 4.98 Å². The van der Waals surface area contributed by atoms with Gasteiger partial charge in [-0.1, -0.05) is 20.8 Å². The third-order valence-corrected chi connectivity index (χ3v) is 2.11. The van der Waals surface area contributed by atoms with Gasteiger partial charge in [0.15, 0.2) is 0 Å². The van der Waals surface area contributed by atoms with E-state index in [9.17, 15) is 4.79 Å². The normalized spacial score (nSPS) is 10.8. The van der Waals surface area contributed by atoms with Crippen molar-refractivity contribution in [2.24, 2.45) is 0 Å². The van der Waals surface area contributed by atoms with E-state index in [0.717, 1.165) is 23.5 Å². The van der Waals surface area contributed by atoms with Crippen LogP contribution in [-0.4, -0.2) is 9.97 Å². The lowest BCUT2D eigenvalue weighted by molar-refractivity contribution is 0.786. The fourth-order valence-corrected chi connectivity index (χ4v) is 1.50. The van der Waals surface area contributed by atoms with Crippen molar-refractivity contribution >= 4 is 0 Å². The van der Waals surface area contributed by atoms with Gasteiger partial charge in [0.2, 0.25) is 0 Å². The van der Waals surface area contributed by atoms with Gasteiger partial charge in [0, 0.05) is 17.7 Å². The van der Waals surface area contributed by atoms with E-state index >= 15 is 0 Å². The van der Waals surface area contributed by atoms with Crippen LogP contribution in [0.4, 0.5) is 0 Å². The molecule has 0 spiro atoms. The van der Waals surface area contributed by atoms with Crippen molar-refractivity contribution in [3.63, 3.8) is 0 Å². The summed E-state index contributed by atoms with van der Waals surface area (Å²) in [5, 5.41) is 0. The molecule has 0 aliphatic carbocycles. The summed E-state index contributed by atoms with van der Waals surface area (Å²) in [7, 11) is 0. The van der Waals surface area contributed by atoms with Crippen LogP contribution in [0.15, 0.2) is 4.79 Å². The molecule has 1 aromatic rings. The van der Waals surface area contributed by atoms with Gasteiger partial charge in [0.25, 0.3) is 5.56 Å². The first-order valence-electron chi connectivity index (χ1n) is 4.66. The molecule has 0 saturated heterocycles. The fourth-order valence-electron chi connectivity index (χ4n) is 1.50. The van der Waals surface area contributed by atoms with Crippen LogP contribution in [-0.2, 0) is 6.42 Å². The molecule has 0 fully saturated rings. The second kappa shape index (κ2) is 3.73. The third kappa shape index (κ3) is 1.97. The highest BCUT2D eigenvalue weighted by atomic mass is 16.1. The van der Waals surface area contributed by atoms with Gasteiger partial charge in [0.1, 0.15) is 5.82 Å². The zero-order valence-corrected chi connectivity index (χ0v) is 8.64. The Morgan fingerprint density at radius 3 is 2.46 bits per heavy atom. The predicted octanol–water partition coefficient (Wildman–Crippen LogP) is 1.76. The molecule has 1 rings (SSSR count). The highest BCUT2D eigenvalue weighted by Gasteiger charge is 2.10. The minimum atomic E-state index is 0.0133. The molecule has 13 heavy (non-hydrogen) atoms. The van der Waals surface area contributed by atoms with E-state index in [-0.39, 0.29) is 11.5 Å². The Labute approximate surface area is 78.2 Å². The Kier molecular flexibility index (Phi) is 2.86. The van der Waals surface area contributed by atoms with E-state index in [0.29, 0.717) is 0 Å². The van der Waals surface area contributed by atoms with Crippen molar-refractivity contribution in [2.45, 2.75) is 40.0 Å². The van der Waals surface area contributed by atoms with Crippen LogP contribution in [0.2, 0.25) is 0 Å². The maximum atomic E-state index is 11.6. The van der Waals surface area contributed by atoms with Crippen molar-refractivity contribution in [2.75, 3.05) is 0 Å². The standard InChI is InChI=1S/C10H16N2O/c1-5-8-11-7(4)9(6(2)3)10(13)12-8/h6H,5H2,1-4H3,(H,11,12,13). The molecule has 0 radical (unpaired) electrons. The van der Waals surface area contributed by atoms with Crippen LogP contribution in [0, 0.1) is 6.92 Å². The van der Waals surface area contributed by atoms with Gasteiger partial charge in [-0.3, -0.25) is 4.79 Å². The summed E-state index contributed by atoms with van der Waals surface area (Å²) in [4.78, 5) is 18.7. The molecule has 1 aromatic heterocycles. The molecule has 1 heterocycles. The van der Waals surface area contributed by atoms with Crippen LogP contribution >= 0.6 is 0 Å². The number of aromatic amines is 1. The zero-order chi connectivity index (χ0) is 10.0. The van der Waals surface area contributed by atoms with E-state index in [1.165, 1.54) is 0 Å². The maximum Gasteiger partial charge on any atom is 0.254 e. The van der Waals surface area contributed by atoms with Gasteiger partial charge in [-0.25, -0.2) is 4.98 Å². The maximum absolute atomic E-state index is 11.6. The Balaban J connectivity index is 3.32. The number of nitrogens with one attached hydrogen (secondary N) is 1. The van der Waals surface area contributed by atoms with Gasteiger partial charge >= 0.3 is 0 Å². The minimum absolute atomic E-state index is 0.0133. The van der Waals surface area contributed by atoms with Crippen LogP contribution in [0.25, 0.3) is 0 Å². The van der Waals surface area contributed by atoms with Crippen LogP contribution < -0.4 is 5.56 Å². The Bertz CT molecular complexity index is 352. The van der Waals surface area contributed by atoms with Crippen LogP contribution in [0.1, 0.15) is 43.8 Å². The summed E-state index contributed by atoms with van der Waals surface area (Å²) in [6.45, 7) is 7.88. The summed E-state index contributed by atoms with van der Waals surface area (Å²) in [6, 6.07) is 0. The monoisotopic (exact) mass is 180 g/mol. The molecular weight excluding hydrogens is 164 g/mol. The highest BCUT2D eigenvalue weighted by Crippen LogP contribution is 2.11. The van der Waals surface area contributed by atoms with E-state index < -0.39 is 0 Å². The number of nitrogens with zero attached hydrogens (tertiary/aromatic N) is 1. The molecule has 1 N–H and O–H groups in total. The number of aryl methyl sites for hydroxylation is 2. The Morgan fingerprint density at radius 2 is 2.08 bits per heavy atom. The first-order valence-corrected chi connectivity index (χ1v) is 4.66. The molecule has 72 valence electrons. The Hall–Kier alpha value is -1.12. The molecule has 0 bridgehead atoms. The topological polar surface area (TPSA) is 45.8 Å². The average Bonchev–Trinajstić information content (AvgIpc) is 2.02. The van der Waals surface area contributed by atoms with Crippen molar-refractivity contribution in [3.05, 3.63) is 27.4 Å². The largest absolute Gasteiger partial charge is 0.310 e. The average molecular weight is 180 g/mol. The van der Waals surface area contributed by atoms with E-state index in [2.05, 4.69) is 9.97 Å². The second-order valence-corrected chi connectivity index (χ2v) is 3.52. The molecule has 0 aromatic carbocycles. The van der Waals surface area contributed by atoms with Gasteiger partial charge in [-0.2, -0.15) is 0 Å². The molecule has 0 aliphatic heterocycles. The smallest absolute Gasteiger partial charge is 0.254 e. The molecule has 0 amide bonds. The van der Waals surface area contributed by atoms with E-state index in [1.807, 2.05) is 27.7 Å². The first-order chi connectivity index (χ1) is 6.06. The third-order valence-electron chi connectivity index (χ3n) is 2.11. The molecule has 3 nitrogen and oxygen atoms in total. The molecule has 3 heteroatoms. The van der Waals surface area contributed by atoms with Crippen molar-refractivity contribution in [1.29, 1.82) is 0 Å². The summed E-state index contributed by atoms with van der Waals surface area (Å²) >= 11 is 0. The molecule has 0 saturated carbocycles. The van der Waals surface area contributed by atoms with Crippen molar-refractivity contribution in [3.8, 4) is 0 Å². The van der Waals surface area contributed by atoms with Gasteiger partial charge in [-0.05, 0) is 12.8 Å². The SMILES string of the molecule is CCc1nc(C)c(C(C)C)c(=O)[nH]1. The highest BCUT2D eigenvalue weighted by molar-refractivity contribution is 5.19. The van der Waals surface area contributed by atoms with Crippen LogP contribution in [0.3, 0.4) is 0 Å². The van der Waals surface area contributed by atoms with Gasteiger partial charge in [0.05, 0.1) is 0 Å². The molecule has 0 unspecified atom stereocenters. The molecule has 0 atom stereocenters. The summed E-state index contributed by atoms with van der Waals surface area (Å²) in [5.41, 5.74) is 1.67. The summed E-state index contributed by atoms with van der Waals surface area (Å²) < 4.78 is 0. The van der Waals surface area contributed by atoms with Gasteiger partial charge in [-0.15, -0.1) is 0 Å². The summed E-state index contributed by atoms with van der Waals surface area (Å²) in [5.74, 6) is 1.01. The Morgan fingerprint density at radius 1 is 1.46 bits per heavy atom. The van der Waals surface area contributed by atoms with E-state index in [4.69, 9.17) is 0 Å². The lowest BCUT2D eigenvalue weighted by atomic mass is 10.0. The molecule has 0 aliphatic rings. The zero-order valence-electron chi connectivity index (χ0n) is 8.64. The number of H-pyrrole nitrogens is 1. The molecular formula is C10H16N2O. The fraction of sp³-hybridized carbons (Fsp3) is 0.600. The lowest BCUT2D eigenvalue weighted by Crippen LogP contribution is -2.19. The quantitative estimate of drug-likeness (QED) is 0.753. The lowest BCUT2D eigenvalue weighted by Gasteiger charge is -2.08. The second-order valence-electron chi connectivity index (χ2n) is 3.52. The first kappa shape index (κ1) is 9.96. The van der Waals surface area contributed by atoms with Crippen LogP contribution in [0.5, 0.6) is 0 Å². The van der Waals surface area contributed by atoms with E-state index in [1.54, 1.807) is 0 Å². The van der Waals surface area contributed by atoms with Crippen molar-refractivity contribution in [1.82, 2.24) is 9.97 Å². The van der Waals surface area contributed by atoms with Crippen molar-refractivity contribution < 1.29 is 0 Å². The number of rotatable bonds is 2. The number of aromatic nitrogens is 2. The number of hydrogen-bond donors (Lipinski definition) is 1. The number of hydrogen-bond acceptors (Lipinski definition) is 2.